The van der Waals surface area contributed by atoms with Crippen molar-refractivity contribution >= 4 is 5.91 Å². The number of hydrogen-bond acceptors (Lipinski definition) is 2. The third kappa shape index (κ3) is 4.54. The molecule has 3 nitrogen and oxygen atoms in total. The molecule has 0 saturated carbocycles. The summed E-state index contributed by atoms with van der Waals surface area (Å²) in [5.41, 5.74) is 6.99. The van der Waals surface area contributed by atoms with Crippen LogP contribution in [-0.4, -0.2) is 13.0 Å². The number of amides is 1. The molecule has 2 aromatic carbocycles. The highest BCUT2D eigenvalue weighted by Gasteiger charge is 2.21. The zero-order chi connectivity index (χ0) is 18.5. The molecule has 1 N–H and O–H groups in total. The van der Waals surface area contributed by atoms with Gasteiger partial charge in [0.15, 0.2) is 0 Å². The summed E-state index contributed by atoms with van der Waals surface area (Å²) >= 11 is 0. The van der Waals surface area contributed by atoms with Gasteiger partial charge in [0.2, 0.25) is 5.91 Å². The molecule has 1 aliphatic carbocycles. The van der Waals surface area contributed by atoms with Crippen molar-refractivity contribution in [2.75, 3.05) is 7.11 Å². The van der Waals surface area contributed by atoms with E-state index in [0.29, 0.717) is 6.54 Å². The lowest BCUT2D eigenvalue weighted by atomic mass is 9.99. The average molecular weight is 349 g/mol. The van der Waals surface area contributed by atoms with Crippen molar-refractivity contribution in [3.8, 4) is 5.75 Å². The largest absolute Gasteiger partial charge is 0.497 e. The van der Waals surface area contributed by atoms with E-state index in [2.05, 4.69) is 55.6 Å². The van der Waals surface area contributed by atoms with Gasteiger partial charge in [-0.15, -0.1) is 0 Å². The Kier molecular flexibility index (Phi) is 5.77. The summed E-state index contributed by atoms with van der Waals surface area (Å²) in [6.45, 7) is 4.72. The van der Waals surface area contributed by atoms with E-state index in [1.165, 1.54) is 22.3 Å². The van der Waals surface area contributed by atoms with Gasteiger partial charge in [0, 0.05) is 12.1 Å². The summed E-state index contributed by atoms with van der Waals surface area (Å²) < 4.78 is 5.38. The molecule has 2 aromatic rings. The van der Waals surface area contributed by atoms with Crippen LogP contribution in [0.25, 0.3) is 0 Å². The molecule has 1 amide bonds. The summed E-state index contributed by atoms with van der Waals surface area (Å²) in [4.78, 5) is 12.7. The van der Waals surface area contributed by atoms with Crippen LogP contribution in [0.15, 0.2) is 53.6 Å². The molecule has 0 unspecified atom stereocenters. The number of nitrogens with one attached hydrogen (secondary N) is 1. The van der Waals surface area contributed by atoms with E-state index < -0.39 is 0 Å². The normalized spacial score (nSPS) is 13.8. The number of methoxy groups -OCH3 is 1. The van der Waals surface area contributed by atoms with Gasteiger partial charge in [-0.1, -0.05) is 41.5 Å². The van der Waals surface area contributed by atoms with Gasteiger partial charge in [0.1, 0.15) is 5.75 Å². The van der Waals surface area contributed by atoms with Gasteiger partial charge in [0.25, 0.3) is 0 Å². The first-order chi connectivity index (χ1) is 12.5. The van der Waals surface area contributed by atoms with Crippen LogP contribution in [0, 0.1) is 13.8 Å². The van der Waals surface area contributed by atoms with Crippen LogP contribution in [-0.2, 0) is 17.8 Å². The number of carbonyl (C=O) groups excluding carboxylic acids is 1. The number of aryl methyl sites for hydroxylation is 2. The molecular formula is C23H27NO2. The Balaban J connectivity index is 1.69. The van der Waals surface area contributed by atoms with Crippen LogP contribution in [0.5, 0.6) is 5.75 Å². The van der Waals surface area contributed by atoms with E-state index in [9.17, 15) is 4.79 Å². The van der Waals surface area contributed by atoms with Crippen molar-refractivity contribution in [3.63, 3.8) is 0 Å². The van der Waals surface area contributed by atoms with E-state index in [0.717, 1.165) is 42.6 Å². The standard InChI is InChI=1S/C23H27NO2/c1-16-7-9-18(10-8-16)15-24-23(25)22-6-4-5-20(22)13-19-11-17(2)12-21(14-19)26-3/h7-12,14H,4-6,13,15H2,1-3H3,(H,24,25). The van der Waals surface area contributed by atoms with Gasteiger partial charge >= 0.3 is 0 Å². The molecular weight excluding hydrogens is 322 g/mol. The second kappa shape index (κ2) is 8.22. The van der Waals surface area contributed by atoms with Crippen molar-refractivity contribution in [2.45, 2.75) is 46.1 Å². The molecule has 136 valence electrons. The van der Waals surface area contributed by atoms with Crippen molar-refractivity contribution in [3.05, 3.63) is 75.9 Å². The molecule has 0 atom stereocenters. The van der Waals surface area contributed by atoms with Crippen LogP contribution < -0.4 is 10.1 Å². The average Bonchev–Trinajstić information content (AvgIpc) is 3.08. The Hall–Kier alpha value is -2.55. The lowest BCUT2D eigenvalue weighted by molar-refractivity contribution is -0.117. The molecule has 0 fully saturated rings. The molecule has 0 aliphatic heterocycles. The molecule has 0 heterocycles. The van der Waals surface area contributed by atoms with E-state index in [4.69, 9.17) is 4.74 Å². The number of rotatable bonds is 6. The van der Waals surface area contributed by atoms with Crippen molar-refractivity contribution in [1.82, 2.24) is 5.32 Å². The maximum atomic E-state index is 12.7. The van der Waals surface area contributed by atoms with Crippen LogP contribution in [0.3, 0.4) is 0 Å². The first-order valence-corrected chi connectivity index (χ1v) is 9.24. The monoisotopic (exact) mass is 349 g/mol. The minimum absolute atomic E-state index is 0.0812. The molecule has 0 saturated heterocycles. The first-order valence-electron chi connectivity index (χ1n) is 9.24. The third-order valence-corrected chi connectivity index (χ3v) is 4.94. The van der Waals surface area contributed by atoms with Gasteiger partial charge in [-0.05, 0) is 68.4 Å². The Bertz CT molecular complexity index is 819. The Morgan fingerprint density at radius 1 is 1.00 bits per heavy atom. The maximum absolute atomic E-state index is 12.7. The van der Waals surface area contributed by atoms with Crippen LogP contribution in [0.2, 0.25) is 0 Å². The summed E-state index contributed by atoms with van der Waals surface area (Å²) in [6.07, 6.45) is 3.76. The van der Waals surface area contributed by atoms with Gasteiger partial charge in [-0.25, -0.2) is 0 Å². The van der Waals surface area contributed by atoms with E-state index in [1.54, 1.807) is 7.11 Å². The Labute approximate surface area is 156 Å². The smallest absolute Gasteiger partial charge is 0.247 e. The minimum atomic E-state index is 0.0812. The zero-order valence-corrected chi connectivity index (χ0v) is 15.9. The number of benzene rings is 2. The Morgan fingerprint density at radius 3 is 2.50 bits per heavy atom. The number of carbonyl (C=O) groups is 1. The summed E-state index contributed by atoms with van der Waals surface area (Å²) in [5, 5.41) is 3.09. The fraction of sp³-hybridized carbons (Fsp3) is 0.348. The lowest BCUT2D eigenvalue weighted by Crippen LogP contribution is -2.24. The molecule has 3 heteroatoms. The molecule has 0 radical (unpaired) electrons. The quantitative estimate of drug-likeness (QED) is 0.824. The number of allylic oxidation sites excluding steroid dienone is 1. The van der Waals surface area contributed by atoms with Crippen LogP contribution in [0.4, 0.5) is 0 Å². The van der Waals surface area contributed by atoms with E-state index in [1.807, 2.05) is 6.07 Å². The lowest BCUT2D eigenvalue weighted by Gasteiger charge is -2.11. The van der Waals surface area contributed by atoms with Crippen molar-refractivity contribution in [2.24, 2.45) is 0 Å². The highest BCUT2D eigenvalue weighted by molar-refractivity contribution is 5.94. The molecule has 0 aromatic heterocycles. The zero-order valence-electron chi connectivity index (χ0n) is 15.9. The highest BCUT2D eigenvalue weighted by atomic mass is 16.5. The summed E-state index contributed by atoms with van der Waals surface area (Å²) in [5.74, 6) is 0.960. The van der Waals surface area contributed by atoms with Gasteiger partial charge in [-0.2, -0.15) is 0 Å². The Morgan fingerprint density at radius 2 is 1.77 bits per heavy atom. The van der Waals surface area contributed by atoms with Crippen LogP contribution >= 0.6 is 0 Å². The van der Waals surface area contributed by atoms with Gasteiger partial charge < -0.3 is 10.1 Å². The fourth-order valence-corrected chi connectivity index (χ4v) is 3.56. The molecule has 0 bridgehead atoms. The predicted molar refractivity (Wildman–Crippen MR) is 105 cm³/mol. The van der Waals surface area contributed by atoms with Crippen molar-refractivity contribution in [1.29, 1.82) is 0 Å². The maximum Gasteiger partial charge on any atom is 0.247 e. The number of ether oxygens (including phenoxy) is 1. The van der Waals surface area contributed by atoms with E-state index >= 15 is 0 Å². The predicted octanol–water partition coefficient (Wildman–Crippen LogP) is 4.65. The summed E-state index contributed by atoms with van der Waals surface area (Å²) in [7, 11) is 1.69. The highest BCUT2D eigenvalue weighted by Crippen LogP contribution is 2.30. The van der Waals surface area contributed by atoms with Gasteiger partial charge in [-0.3, -0.25) is 4.79 Å². The molecule has 3 rings (SSSR count). The fourth-order valence-electron chi connectivity index (χ4n) is 3.56. The van der Waals surface area contributed by atoms with Gasteiger partial charge in [0.05, 0.1) is 7.11 Å². The molecule has 0 spiro atoms. The molecule has 26 heavy (non-hydrogen) atoms. The van der Waals surface area contributed by atoms with E-state index in [-0.39, 0.29) is 5.91 Å². The second-order valence-electron chi connectivity index (χ2n) is 7.14. The topological polar surface area (TPSA) is 38.3 Å². The van der Waals surface area contributed by atoms with Crippen molar-refractivity contribution < 1.29 is 9.53 Å². The molecule has 1 aliphatic rings. The first kappa shape index (κ1) is 18.2. The third-order valence-electron chi connectivity index (χ3n) is 4.94. The second-order valence-corrected chi connectivity index (χ2v) is 7.14. The number of hydrogen-bond donors (Lipinski definition) is 1. The summed E-state index contributed by atoms with van der Waals surface area (Å²) in [6, 6.07) is 14.6. The minimum Gasteiger partial charge on any atom is -0.497 e. The SMILES string of the molecule is COc1cc(C)cc(CC2=C(C(=O)NCc3ccc(C)cc3)CCC2)c1. The van der Waals surface area contributed by atoms with Crippen LogP contribution in [0.1, 0.15) is 41.5 Å².